The first-order chi connectivity index (χ1) is 12.6. The summed E-state index contributed by atoms with van der Waals surface area (Å²) >= 11 is 6.89. The number of hydrogen-bond acceptors (Lipinski definition) is 2. The van der Waals surface area contributed by atoms with Crippen LogP contribution < -0.4 is 0 Å². The van der Waals surface area contributed by atoms with Crippen molar-refractivity contribution in [3.8, 4) is 0 Å². The maximum atomic E-state index is 12.4. The van der Waals surface area contributed by atoms with Crippen LogP contribution in [0.25, 0.3) is 5.57 Å². The molecule has 0 saturated heterocycles. The molecule has 3 aromatic rings. The summed E-state index contributed by atoms with van der Waals surface area (Å²) in [6.45, 7) is 0.254. The molecule has 26 heavy (non-hydrogen) atoms. The molecule has 130 valence electrons. The van der Waals surface area contributed by atoms with Gasteiger partial charge in [0.2, 0.25) is 0 Å². The van der Waals surface area contributed by atoms with Gasteiger partial charge in [-0.1, -0.05) is 86.5 Å². The van der Waals surface area contributed by atoms with Crippen molar-refractivity contribution in [1.29, 1.82) is 0 Å². The highest BCUT2D eigenvalue weighted by Gasteiger charge is 2.09. The van der Waals surface area contributed by atoms with E-state index >= 15 is 0 Å². The van der Waals surface area contributed by atoms with Crippen molar-refractivity contribution in [1.82, 2.24) is 0 Å². The topological polar surface area (TPSA) is 26.3 Å². The first kappa shape index (κ1) is 18.6. The van der Waals surface area contributed by atoms with Gasteiger partial charge >= 0.3 is 5.97 Å². The van der Waals surface area contributed by atoms with E-state index in [0.717, 1.165) is 31.2 Å². The molecule has 0 bridgehead atoms. The molecule has 0 atom stereocenters. The fourth-order valence-corrected chi connectivity index (χ4v) is 3.01. The van der Waals surface area contributed by atoms with E-state index in [4.69, 9.17) is 4.74 Å². The molecule has 0 aliphatic rings. The summed E-state index contributed by atoms with van der Waals surface area (Å²) in [4.78, 5) is 12.4. The predicted molar refractivity (Wildman–Crippen MR) is 112 cm³/mol. The smallest absolute Gasteiger partial charge is 0.331 e. The van der Waals surface area contributed by atoms with Gasteiger partial charge in [0.05, 0.1) is 0 Å². The summed E-state index contributed by atoms with van der Waals surface area (Å²) in [5, 5.41) is 0. The minimum absolute atomic E-state index is 0.254. The van der Waals surface area contributed by atoms with E-state index < -0.39 is 0 Å². The van der Waals surface area contributed by atoms with Crippen molar-refractivity contribution in [3.63, 3.8) is 0 Å². The van der Waals surface area contributed by atoms with Crippen LogP contribution >= 0.6 is 31.9 Å². The maximum Gasteiger partial charge on any atom is 0.331 e. The molecular weight excluding hydrogens is 456 g/mol. The van der Waals surface area contributed by atoms with E-state index in [1.54, 1.807) is 6.08 Å². The van der Waals surface area contributed by atoms with Crippen LogP contribution in [-0.4, -0.2) is 5.97 Å². The molecule has 0 aromatic heterocycles. The Morgan fingerprint density at radius 3 is 1.77 bits per heavy atom. The molecule has 4 heteroatoms. The van der Waals surface area contributed by atoms with Crippen LogP contribution in [-0.2, 0) is 16.1 Å². The van der Waals surface area contributed by atoms with Crippen molar-refractivity contribution in [2.45, 2.75) is 6.61 Å². The molecule has 0 unspecified atom stereocenters. The van der Waals surface area contributed by atoms with Crippen molar-refractivity contribution in [3.05, 3.63) is 111 Å². The molecule has 0 spiro atoms. The van der Waals surface area contributed by atoms with Crippen LogP contribution in [0, 0.1) is 0 Å². The molecule has 0 aliphatic heterocycles. The van der Waals surface area contributed by atoms with E-state index in [-0.39, 0.29) is 12.6 Å². The number of rotatable bonds is 5. The van der Waals surface area contributed by atoms with Crippen LogP contribution in [0.4, 0.5) is 0 Å². The van der Waals surface area contributed by atoms with Gasteiger partial charge in [0.25, 0.3) is 0 Å². The lowest BCUT2D eigenvalue weighted by Crippen LogP contribution is -2.03. The van der Waals surface area contributed by atoms with Crippen molar-refractivity contribution >= 4 is 43.4 Å². The normalized spacial score (nSPS) is 10.2. The zero-order valence-electron chi connectivity index (χ0n) is 13.9. The number of carbonyl (C=O) groups is 1. The summed E-state index contributed by atoms with van der Waals surface area (Å²) in [5.74, 6) is -0.366. The number of halogens is 2. The Kier molecular flexibility index (Phi) is 6.42. The summed E-state index contributed by atoms with van der Waals surface area (Å²) in [6.07, 6.45) is 1.55. The molecular formula is C22H16Br2O2. The Morgan fingerprint density at radius 2 is 1.27 bits per heavy atom. The van der Waals surface area contributed by atoms with Crippen molar-refractivity contribution < 1.29 is 9.53 Å². The van der Waals surface area contributed by atoms with Crippen molar-refractivity contribution in [2.75, 3.05) is 0 Å². The van der Waals surface area contributed by atoms with E-state index in [9.17, 15) is 4.79 Å². The van der Waals surface area contributed by atoms with Gasteiger partial charge in [-0.05, 0) is 46.5 Å². The zero-order valence-corrected chi connectivity index (χ0v) is 17.0. The zero-order chi connectivity index (χ0) is 18.4. The summed E-state index contributed by atoms with van der Waals surface area (Å²) in [5.41, 5.74) is 3.69. The standard InChI is InChI=1S/C22H16Br2O2/c23-19-10-6-17(7-11-19)21(18-8-12-20(24)13-9-18)14-22(25)26-15-16-4-2-1-3-5-16/h1-14H,15H2. The first-order valence-electron chi connectivity index (χ1n) is 8.06. The molecule has 0 heterocycles. The van der Waals surface area contributed by atoms with Gasteiger partial charge in [-0.15, -0.1) is 0 Å². The van der Waals surface area contributed by atoms with E-state index in [0.29, 0.717) is 0 Å². The van der Waals surface area contributed by atoms with Crippen molar-refractivity contribution in [2.24, 2.45) is 0 Å². The third-order valence-electron chi connectivity index (χ3n) is 3.80. The van der Waals surface area contributed by atoms with Crippen LogP contribution in [0.2, 0.25) is 0 Å². The molecule has 0 radical (unpaired) electrons. The summed E-state index contributed by atoms with van der Waals surface area (Å²) < 4.78 is 7.39. The third-order valence-corrected chi connectivity index (χ3v) is 4.85. The Hall–Kier alpha value is -2.17. The van der Waals surface area contributed by atoms with Gasteiger partial charge in [0.1, 0.15) is 6.61 Å². The lowest BCUT2D eigenvalue weighted by Gasteiger charge is -2.10. The summed E-state index contributed by atoms with van der Waals surface area (Å²) in [7, 11) is 0. The van der Waals surface area contributed by atoms with Crippen LogP contribution in [0.5, 0.6) is 0 Å². The lowest BCUT2D eigenvalue weighted by atomic mass is 9.98. The quantitative estimate of drug-likeness (QED) is 0.318. The van der Waals surface area contributed by atoms with Gasteiger partial charge in [0, 0.05) is 15.0 Å². The lowest BCUT2D eigenvalue weighted by molar-refractivity contribution is -0.138. The number of esters is 1. The molecule has 3 rings (SSSR count). The highest BCUT2D eigenvalue weighted by atomic mass is 79.9. The second-order valence-corrected chi connectivity index (χ2v) is 7.50. The Labute approximate surface area is 169 Å². The molecule has 0 saturated carbocycles. The second-order valence-electron chi connectivity index (χ2n) is 5.67. The van der Waals surface area contributed by atoms with Gasteiger partial charge in [-0.25, -0.2) is 4.79 Å². The highest BCUT2D eigenvalue weighted by molar-refractivity contribution is 9.10. The molecule has 0 N–H and O–H groups in total. The SMILES string of the molecule is O=C(C=C(c1ccc(Br)cc1)c1ccc(Br)cc1)OCc1ccccc1. The predicted octanol–water partition coefficient (Wildman–Crippen LogP) is 6.39. The maximum absolute atomic E-state index is 12.4. The fraction of sp³-hybridized carbons (Fsp3) is 0.0455. The molecule has 3 aromatic carbocycles. The van der Waals surface area contributed by atoms with Gasteiger partial charge in [-0.3, -0.25) is 0 Å². The monoisotopic (exact) mass is 470 g/mol. The van der Waals surface area contributed by atoms with Gasteiger partial charge in [-0.2, -0.15) is 0 Å². The Bertz CT molecular complexity index is 852. The minimum Gasteiger partial charge on any atom is -0.458 e. The first-order valence-corrected chi connectivity index (χ1v) is 9.65. The number of ether oxygens (including phenoxy) is 1. The number of carbonyl (C=O) groups excluding carboxylic acids is 1. The highest BCUT2D eigenvalue weighted by Crippen LogP contribution is 2.26. The molecule has 0 amide bonds. The Morgan fingerprint density at radius 1 is 0.769 bits per heavy atom. The largest absolute Gasteiger partial charge is 0.458 e. The number of benzene rings is 3. The van der Waals surface area contributed by atoms with E-state index in [2.05, 4.69) is 31.9 Å². The van der Waals surface area contributed by atoms with Gasteiger partial charge in [0.15, 0.2) is 0 Å². The van der Waals surface area contributed by atoms with E-state index in [1.165, 1.54) is 0 Å². The fourth-order valence-electron chi connectivity index (χ4n) is 2.48. The average molecular weight is 472 g/mol. The molecule has 2 nitrogen and oxygen atoms in total. The molecule has 0 aliphatic carbocycles. The summed E-state index contributed by atoms with van der Waals surface area (Å²) in [6, 6.07) is 25.4. The van der Waals surface area contributed by atoms with E-state index in [1.807, 2.05) is 78.9 Å². The second kappa shape index (κ2) is 8.97. The van der Waals surface area contributed by atoms with Crippen LogP contribution in [0.1, 0.15) is 16.7 Å². The Balaban J connectivity index is 1.86. The minimum atomic E-state index is -0.366. The molecule has 0 fully saturated rings. The van der Waals surface area contributed by atoms with Crippen LogP contribution in [0.15, 0.2) is 93.9 Å². The third kappa shape index (κ3) is 5.16. The average Bonchev–Trinajstić information content (AvgIpc) is 2.67. The number of hydrogen-bond donors (Lipinski definition) is 0. The van der Waals surface area contributed by atoms with Gasteiger partial charge < -0.3 is 4.74 Å². The van der Waals surface area contributed by atoms with Crippen LogP contribution in [0.3, 0.4) is 0 Å².